The minimum Gasteiger partial charge on any atom is -0.497 e. The molecule has 0 aliphatic heterocycles. The molecule has 130 valence electrons. The molecule has 0 radical (unpaired) electrons. The topological polar surface area (TPSA) is 73.5 Å². The van der Waals surface area contributed by atoms with E-state index in [1.807, 2.05) is 18.2 Å². The Labute approximate surface area is 145 Å². The van der Waals surface area contributed by atoms with Gasteiger partial charge in [-0.1, -0.05) is 30.3 Å². The molecular formula is C19H20N2O4. The van der Waals surface area contributed by atoms with E-state index >= 15 is 0 Å². The van der Waals surface area contributed by atoms with E-state index in [4.69, 9.17) is 9.15 Å². The van der Waals surface area contributed by atoms with Gasteiger partial charge in [-0.2, -0.15) is 4.57 Å². The number of rotatable bonds is 6. The summed E-state index contributed by atoms with van der Waals surface area (Å²) in [6.07, 6.45) is 2.76. The zero-order valence-corrected chi connectivity index (χ0v) is 14.0. The van der Waals surface area contributed by atoms with E-state index in [2.05, 4.69) is 17.4 Å². The normalized spacial score (nSPS) is 10.8. The fraction of sp³-hybridized carbons (Fsp3) is 0.263. The summed E-state index contributed by atoms with van der Waals surface area (Å²) in [4.78, 5) is 24.2. The zero-order valence-electron chi connectivity index (χ0n) is 14.0. The second kappa shape index (κ2) is 7.70. The maximum Gasteiger partial charge on any atom is 0.428 e. The Kier molecular flexibility index (Phi) is 5.18. The fourth-order valence-electron chi connectivity index (χ4n) is 2.69. The molecule has 3 rings (SSSR count). The molecule has 0 aliphatic carbocycles. The number of nitrogens with zero attached hydrogens (tertiary/aromatic N) is 1. The molecule has 2 aromatic carbocycles. The van der Waals surface area contributed by atoms with Crippen LogP contribution in [-0.2, 0) is 6.42 Å². The third-order valence-electron chi connectivity index (χ3n) is 4.00. The minimum absolute atomic E-state index is 0.323. The summed E-state index contributed by atoms with van der Waals surface area (Å²) >= 11 is 0. The zero-order chi connectivity index (χ0) is 17.6. The number of aryl methyl sites for hydroxylation is 1. The van der Waals surface area contributed by atoms with E-state index in [0.29, 0.717) is 23.4 Å². The third-order valence-corrected chi connectivity index (χ3v) is 4.00. The van der Waals surface area contributed by atoms with Gasteiger partial charge in [0.1, 0.15) is 11.3 Å². The maximum atomic E-state index is 12.3. The Morgan fingerprint density at radius 1 is 1.16 bits per heavy atom. The average Bonchev–Trinajstić information content (AvgIpc) is 2.97. The van der Waals surface area contributed by atoms with Crippen LogP contribution in [0.2, 0.25) is 0 Å². The van der Waals surface area contributed by atoms with Gasteiger partial charge in [0.2, 0.25) is 0 Å². The highest BCUT2D eigenvalue weighted by Crippen LogP contribution is 2.19. The monoisotopic (exact) mass is 340 g/mol. The van der Waals surface area contributed by atoms with E-state index in [9.17, 15) is 9.59 Å². The van der Waals surface area contributed by atoms with E-state index in [-0.39, 0.29) is 0 Å². The van der Waals surface area contributed by atoms with Gasteiger partial charge in [0, 0.05) is 12.6 Å². The highest BCUT2D eigenvalue weighted by Gasteiger charge is 2.16. The number of nitrogens with one attached hydrogen (secondary N) is 1. The van der Waals surface area contributed by atoms with Gasteiger partial charge in [0.05, 0.1) is 7.11 Å². The molecule has 25 heavy (non-hydrogen) atoms. The van der Waals surface area contributed by atoms with E-state index in [1.165, 1.54) is 12.7 Å². The van der Waals surface area contributed by atoms with Gasteiger partial charge >= 0.3 is 11.8 Å². The molecule has 0 unspecified atom stereocenters. The van der Waals surface area contributed by atoms with Crippen LogP contribution in [0.4, 0.5) is 4.79 Å². The van der Waals surface area contributed by atoms with E-state index < -0.39 is 11.8 Å². The first-order valence-corrected chi connectivity index (χ1v) is 8.21. The molecule has 0 spiro atoms. The molecule has 0 bridgehead atoms. The Morgan fingerprint density at radius 2 is 1.96 bits per heavy atom. The molecular weight excluding hydrogens is 320 g/mol. The lowest BCUT2D eigenvalue weighted by Crippen LogP contribution is -2.34. The van der Waals surface area contributed by atoms with Crippen molar-refractivity contribution in [1.29, 1.82) is 0 Å². The number of benzene rings is 2. The van der Waals surface area contributed by atoms with Crippen molar-refractivity contribution in [2.45, 2.75) is 19.3 Å². The molecule has 0 saturated heterocycles. The summed E-state index contributed by atoms with van der Waals surface area (Å²) in [5.41, 5.74) is 2.02. The molecule has 0 aliphatic rings. The summed E-state index contributed by atoms with van der Waals surface area (Å²) in [7, 11) is 1.53. The van der Waals surface area contributed by atoms with Crippen molar-refractivity contribution in [1.82, 2.24) is 9.88 Å². The number of methoxy groups -OCH3 is 1. The smallest absolute Gasteiger partial charge is 0.428 e. The molecule has 1 amide bonds. The minimum atomic E-state index is -0.704. The number of carbonyl (C=O) groups excluding carboxylic acids is 1. The van der Waals surface area contributed by atoms with Crippen molar-refractivity contribution in [2.24, 2.45) is 0 Å². The number of carbonyl (C=O) groups is 1. The van der Waals surface area contributed by atoms with Gasteiger partial charge in [0.15, 0.2) is 5.58 Å². The number of fused-ring (bicyclic) bond motifs is 1. The molecule has 0 fully saturated rings. The summed E-state index contributed by atoms with van der Waals surface area (Å²) < 4.78 is 11.2. The van der Waals surface area contributed by atoms with Crippen molar-refractivity contribution >= 4 is 17.1 Å². The fourth-order valence-corrected chi connectivity index (χ4v) is 2.69. The summed E-state index contributed by atoms with van der Waals surface area (Å²) in [6, 6.07) is 14.6. The van der Waals surface area contributed by atoms with Crippen LogP contribution in [0.3, 0.4) is 0 Å². The summed E-state index contributed by atoms with van der Waals surface area (Å²) in [6.45, 7) is 0.501. The summed E-state index contributed by atoms with van der Waals surface area (Å²) in [5, 5.41) is 2.77. The number of unbranched alkanes of at least 4 members (excludes halogenated alkanes) is 1. The molecule has 0 saturated carbocycles. The average molecular weight is 340 g/mol. The van der Waals surface area contributed by atoms with Gasteiger partial charge in [-0.25, -0.2) is 9.59 Å². The van der Waals surface area contributed by atoms with Crippen LogP contribution in [0, 0.1) is 0 Å². The predicted octanol–water partition coefficient (Wildman–Crippen LogP) is 3.18. The van der Waals surface area contributed by atoms with Gasteiger partial charge < -0.3 is 14.5 Å². The van der Waals surface area contributed by atoms with Crippen LogP contribution in [0.25, 0.3) is 11.1 Å². The molecule has 1 heterocycles. The first-order chi connectivity index (χ1) is 12.2. The lowest BCUT2D eigenvalue weighted by molar-refractivity contribution is 0.241. The molecule has 1 N–H and O–H groups in total. The van der Waals surface area contributed by atoms with Crippen LogP contribution in [0.5, 0.6) is 5.75 Å². The van der Waals surface area contributed by atoms with Crippen LogP contribution in [0.15, 0.2) is 57.7 Å². The molecule has 3 aromatic rings. The Hall–Kier alpha value is -3.02. The Morgan fingerprint density at radius 3 is 2.72 bits per heavy atom. The van der Waals surface area contributed by atoms with Crippen molar-refractivity contribution in [3.63, 3.8) is 0 Å². The Bertz CT molecular complexity index is 912. The van der Waals surface area contributed by atoms with Crippen LogP contribution in [-0.4, -0.2) is 24.3 Å². The lowest BCUT2D eigenvalue weighted by atomic mass is 10.1. The molecule has 0 atom stereocenters. The van der Waals surface area contributed by atoms with Crippen LogP contribution >= 0.6 is 0 Å². The molecule has 6 heteroatoms. The molecule has 6 nitrogen and oxygen atoms in total. The highest BCUT2D eigenvalue weighted by molar-refractivity contribution is 5.88. The number of aromatic nitrogens is 1. The van der Waals surface area contributed by atoms with Crippen LogP contribution < -0.4 is 15.8 Å². The summed E-state index contributed by atoms with van der Waals surface area (Å²) in [5.74, 6) is -0.139. The quantitative estimate of drug-likeness (QED) is 0.700. The van der Waals surface area contributed by atoms with Gasteiger partial charge in [-0.15, -0.1) is 0 Å². The van der Waals surface area contributed by atoms with Crippen molar-refractivity contribution < 1.29 is 13.9 Å². The highest BCUT2D eigenvalue weighted by atomic mass is 16.5. The SMILES string of the molecule is COc1ccc2c(c1)oc(=O)n2C(=O)NCCCCc1ccccc1. The second-order valence-electron chi connectivity index (χ2n) is 5.71. The Balaban J connectivity index is 1.57. The van der Waals surface area contributed by atoms with Crippen molar-refractivity contribution in [2.75, 3.05) is 13.7 Å². The number of hydrogen-bond acceptors (Lipinski definition) is 4. The van der Waals surface area contributed by atoms with E-state index in [0.717, 1.165) is 23.8 Å². The van der Waals surface area contributed by atoms with Crippen molar-refractivity contribution in [3.8, 4) is 5.75 Å². The van der Waals surface area contributed by atoms with E-state index in [1.54, 1.807) is 18.2 Å². The first kappa shape index (κ1) is 16.8. The number of oxazole rings is 1. The first-order valence-electron chi connectivity index (χ1n) is 8.21. The van der Waals surface area contributed by atoms with Gasteiger partial charge in [-0.3, -0.25) is 0 Å². The number of amides is 1. The van der Waals surface area contributed by atoms with Crippen LogP contribution in [0.1, 0.15) is 18.4 Å². The largest absolute Gasteiger partial charge is 0.497 e. The van der Waals surface area contributed by atoms with Gasteiger partial charge in [0.25, 0.3) is 0 Å². The maximum absolute atomic E-state index is 12.3. The van der Waals surface area contributed by atoms with Gasteiger partial charge in [-0.05, 0) is 37.0 Å². The lowest BCUT2D eigenvalue weighted by Gasteiger charge is -2.06. The van der Waals surface area contributed by atoms with Crippen molar-refractivity contribution in [3.05, 3.63) is 64.6 Å². The second-order valence-corrected chi connectivity index (χ2v) is 5.71. The number of ether oxygens (including phenoxy) is 1. The molecule has 1 aromatic heterocycles. The standard InChI is InChI=1S/C19H20N2O4/c1-24-15-10-11-16-17(13-15)25-19(23)21(16)18(22)20-12-6-5-9-14-7-3-2-4-8-14/h2-4,7-8,10-11,13H,5-6,9,12H2,1H3,(H,20,22). The number of hydrogen-bond donors (Lipinski definition) is 1. The third kappa shape index (κ3) is 3.91. The predicted molar refractivity (Wildman–Crippen MR) is 95.2 cm³/mol.